The summed E-state index contributed by atoms with van der Waals surface area (Å²) in [4.78, 5) is 11.9. The molecule has 0 atom stereocenters. The van der Waals surface area contributed by atoms with E-state index < -0.39 is 0 Å². The summed E-state index contributed by atoms with van der Waals surface area (Å²) >= 11 is 0. The van der Waals surface area contributed by atoms with Gasteiger partial charge in [0, 0.05) is 12.1 Å². The fourth-order valence-corrected chi connectivity index (χ4v) is 3.25. The third kappa shape index (κ3) is 12.1. The highest BCUT2D eigenvalue weighted by atomic mass is 19.1. The molecule has 0 heterocycles. The van der Waals surface area contributed by atoms with E-state index in [-0.39, 0.29) is 11.7 Å². The molecule has 0 aliphatic carbocycles. The van der Waals surface area contributed by atoms with Crippen LogP contribution >= 0.6 is 0 Å². The third-order valence-electron chi connectivity index (χ3n) is 4.90. The lowest BCUT2D eigenvalue weighted by molar-refractivity contribution is 0.0952. The minimum atomic E-state index is -0.367. The Morgan fingerprint density at radius 1 is 0.808 bits per heavy atom. The number of hydrogen-bond donors (Lipinski definition) is 1. The van der Waals surface area contributed by atoms with Crippen LogP contribution < -0.4 is 5.32 Å². The number of nitrogens with one attached hydrogen (secondary N) is 1. The van der Waals surface area contributed by atoms with Crippen molar-refractivity contribution in [3.63, 3.8) is 0 Å². The Kier molecular flexibility index (Phi) is 13.8. The van der Waals surface area contributed by atoms with Gasteiger partial charge in [-0.15, -0.1) is 0 Å². The van der Waals surface area contributed by atoms with Gasteiger partial charge in [-0.2, -0.15) is 0 Å². The van der Waals surface area contributed by atoms with E-state index in [9.17, 15) is 9.18 Å². The highest BCUT2D eigenvalue weighted by Crippen LogP contribution is 2.12. The molecule has 0 spiro atoms. The monoisotopic (exact) mass is 363 g/mol. The van der Waals surface area contributed by atoms with Crippen LogP contribution in [0.2, 0.25) is 0 Å². The largest absolute Gasteiger partial charge is 0.352 e. The van der Waals surface area contributed by atoms with E-state index in [4.69, 9.17) is 0 Å². The van der Waals surface area contributed by atoms with Gasteiger partial charge in [-0.3, -0.25) is 4.79 Å². The Labute approximate surface area is 160 Å². The average molecular weight is 364 g/mol. The maximum atomic E-state index is 13.1. The normalized spacial score (nSPS) is 10.8. The van der Waals surface area contributed by atoms with Crippen LogP contribution in [0.5, 0.6) is 0 Å². The smallest absolute Gasteiger partial charge is 0.251 e. The van der Waals surface area contributed by atoms with Gasteiger partial charge in [0.15, 0.2) is 0 Å². The van der Waals surface area contributed by atoms with Crippen LogP contribution in [0.3, 0.4) is 0 Å². The van der Waals surface area contributed by atoms with Crippen LogP contribution in [0.1, 0.15) is 107 Å². The minimum Gasteiger partial charge on any atom is -0.352 e. The first-order chi connectivity index (χ1) is 12.7. The molecular weight excluding hydrogens is 325 g/mol. The number of unbranched alkanes of at least 4 members (excludes halogenated alkanes) is 13. The van der Waals surface area contributed by atoms with Crippen molar-refractivity contribution < 1.29 is 9.18 Å². The number of amides is 1. The average Bonchev–Trinajstić information content (AvgIpc) is 2.64. The van der Waals surface area contributed by atoms with E-state index in [1.54, 1.807) is 12.1 Å². The molecule has 1 amide bonds. The molecule has 0 aliphatic heterocycles. The summed E-state index contributed by atoms with van der Waals surface area (Å²) < 4.78 is 13.1. The van der Waals surface area contributed by atoms with Crippen LogP contribution in [0.4, 0.5) is 4.39 Å². The molecule has 2 nitrogen and oxygen atoms in total. The topological polar surface area (TPSA) is 29.1 Å². The van der Waals surface area contributed by atoms with Crippen molar-refractivity contribution in [1.82, 2.24) is 5.32 Å². The first-order valence-corrected chi connectivity index (χ1v) is 10.8. The van der Waals surface area contributed by atoms with Crippen molar-refractivity contribution in [3.8, 4) is 0 Å². The zero-order chi connectivity index (χ0) is 18.9. The van der Waals surface area contributed by atoms with Crippen LogP contribution in [0.25, 0.3) is 0 Å². The zero-order valence-corrected chi connectivity index (χ0v) is 16.7. The van der Waals surface area contributed by atoms with Crippen LogP contribution in [-0.4, -0.2) is 12.5 Å². The molecule has 148 valence electrons. The number of halogens is 1. The Bertz CT molecular complexity index is 475. The van der Waals surface area contributed by atoms with Gasteiger partial charge in [0.1, 0.15) is 5.82 Å². The first-order valence-electron chi connectivity index (χ1n) is 10.8. The predicted octanol–water partition coefficient (Wildman–Crippen LogP) is 7.04. The van der Waals surface area contributed by atoms with Crippen LogP contribution in [0.15, 0.2) is 24.3 Å². The highest BCUT2D eigenvalue weighted by Gasteiger charge is 2.05. The van der Waals surface area contributed by atoms with Crippen molar-refractivity contribution in [1.29, 1.82) is 0 Å². The van der Waals surface area contributed by atoms with Gasteiger partial charge in [0.05, 0.1) is 0 Å². The number of hydrogen-bond acceptors (Lipinski definition) is 1. The summed E-state index contributed by atoms with van der Waals surface area (Å²) in [6.07, 6.45) is 18.6. The lowest BCUT2D eigenvalue weighted by atomic mass is 10.0. The van der Waals surface area contributed by atoms with Crippen LogP contribution in [0, 0.1) is 5.82 Å². The summed E-state index contributed by atoms with van der Waals surface area (Å²) in [5, 5.41) is 2.86. The van der Waals surface area contributed by atoms with Gasteiger partial charge >= 0.3 is 0 Å². The molecule has 0 bridgehead atoms. The molecule has 1 rings (SSSR count). The maximum Gasteiger partial charge on any atom is 0.251 e. The van der Waals surface area contributed by atoms with Gasteiger partial charge in [-0.25, -0.2) is 4.39 Å². The molecular formula is C23H38FNO. The summed E-state index contributed by atoms with van der Waals surface area (Å²) in [5.41, 5.74) is 0.398. The van der Waals surface area contributed by atoms with Crippen molar-refractivity contribution in [2.24, 2.45) is 0 Å². The SMILES string of the molecule is CCCCCCCCCCCCCCCCNC(=O)c1cccc(F)c1. The molecule has 1 aromatic rings. The molecule has 0 aromatic heterocycles. The van der Waals surface area contributed by atoms with Crippen LogP contribution in [-0.2, 0) is 0 Å². The number of benzene rings is 1. The van der Waals surface area contributed by atoms with Gasteiger partial charge in [0.25, 0.3) is 5.91 Å². The maximum absolute atomic E-state index is 13.1. The molecule has 0 saturated carbocycles. The predicted molar refractivity (Wildman–Crippen MR) is 109 cm³/mol. The summed E-state index contributed by atoms with van der Waals surface area (Å²) in [6.45, 7) is 2.94. The molecule has 3 heteroatoms. The van der Waals surface area contributed by atoms with Gasteiger partial charge in [0.2, 0.25) is 0 Å². The van der Waals surface area contributed by atoms with E-state index in [1.807, 2.05) is 0 Å². The summed E-state index contributed by atoms with van der Waals surface area (Å²) in [7, 11) is 0. The van der Waals surface area contributed by atoms with Crippen molar-refractivity contribution in [2.45, 2.75) is 96.8 Å². The second-order valence-electron chi connectivity index (χ2n) is 7.36. The van der Waals surface area contributed by atoms with E-state index in [1.165, 1.54) is 89.2 Å². The van der Waals surface area contributed by atoms with E-state index in [0.29, 0.717) is 12.1 Å². The van der Waals surface area contributed by atoms with Gasteiger partial charge in [-0.1, -0.05) is 96.5 Å². The molecule has 0 unspecified atom stereocenters. The lowest BCUT2D eigenvalue weighted by Gasteiger charge is -2.06. The van der Waals surface area contributed by atoms with E-state index in [0.717, 1.165) is 12.8 Å². The molecule has 0 saturated heterocycles. The van der Waals surface area contributed by atoms with Crippen molar-refractivity contribution >= 4 is 5.91 Å². The van der Waals surface area contributed by atoms with Gasteiger partial charge < -0.3 is 5.32 Å². The quantitative estimate of drug-likeness (QED) is 0.314. The molecule has 26 heavy (non-hydrogen) atoms. The Morgan fingerprint density at radius 2 is 1.31 bits per heavy atom. The molecule has 1 N–H and O–H groups in total. The zero-order valence-electron chi connectivity index (χ0n) is 16.7. The number of carbonyl (C=O) groups excluding carboxylic acids is 1. The summed E-state index contributed by atoms with van der Waals surface area (Å²) in [5.74, 6) is -0.548. The molecule has 1 aromatic carbocycles. The fourth-order valence-electron chi connectivity index (χ4n) is 3.25. The van der Waals surface area contributed by atoms with Crippen molar-refractivity contribution in [3.05, 3.63) is 35.6 Å². The molecule has 0 fully saturated rings. The fraction of sp³-hybridized carbons (Fsp3) is 0.696. The van der Waals surface area contributed by atoms with E-state index >= 15 is 0 Å². The first kappa shape index (κ1) is 22.7. The third-order valence-corrected chi connectivity index (χ3v) is 4.90. The van der Waals surface area contributed by atoms with Crippen molar-refractivity contribution in [2.75, 3.05) is 6.54 Å². The van der Waals surface area contributed by atoms with E-state index in [2.05, 4.69) is 12.2 Å². The Balaban J connectivity index is 1.83. The minimum absolute atomic E-state index is 0.181. The highest BCUT2D eigenvalue weighted by molar-refractivity contribution is 5.94. The Hall–Kier alpha value is -1.38. The lowest BCUT2D eigenvalue weighted by Crippen LogP contribution is -2.24. The molecule has 0 aliphatic rings. The number of carbonyl (C=O) groups is 1. The van der Waals surface area contributed by atoms with Gasteiger partial charge in [-0.05, 0) is 24.6 Å². The standard InChI is InChI=1S/C23H38FNO/c1-2-3-4-5-6-7-8-9-10-11-12-13-14-15-19-25-23(26)21-17-16-18-22(24)20-21/h16-18,20H,2-15,19H2,1H3,(H,25,26). The molecule has 0 radical (unpaired) electrons. The second-order valence-corrected chi connectivity index (χ2v) is 7.36. The Morgan fingerprint density at radius 3 is 1.81 bits per heavy atom. The summed E-state index contributed by atoms with van der Waals surface area (Å²) in [6, 6.07) is 5.84. The number of rotatable bonds is 16. The second kappa shape index (κ2) is 15.8.